The van der Waals surface area contributed by atoms with Gasteiger partial charge in [-0.15, -0.1) is 0 Å². The summed E-state index contributed by atoms with van der Waals surface area (Å²) < 4.78 is 13.8. The first-order valence-corrected chi connectivity index (χ1v) is 11.1. The third kappa shape index (κ3) is 4.30. The maximum Gasteiger partial charge on any atom is 0.419 e. The zero-order valence-electron chi connectivity index (χ0n) is 19.0. The van der Waals surface area contributed by atoms with Gasteiger partial charge in [-0.2, -0.15) is 0 Å². The number of hydrogen-bond acceptors (Lipinski definition) is 4. The molecule has 2 aromatic heterocycles. The van der Waals surface area contributed by atoms with Crippen LogP contribution in [0.5, 0.6) is 0 Å². The second-order valence-corrected chi connectivity index (χ2v) is 9.75. The zero-order valence-corrected chi connectivity index (χ0v) is 20.6. The van der Waals surface area contributed by atoms with Gasteiger partial charge in [-0.1, -0.05) is 15.9 Å². The molecule has 7 heteroatoms. The van der Waals surface area contributed by atoms with Crippen LogP contribution >= 0.6 is 15.9 Å². The van der Waals surface area contributed by atoms with E-state index in [2.05, 4.69) is 27.0 Å². The number of aryl methyl sites for hydroxylation is 2. The second-order valence-electron chi connectivity index (χ2n) is 8.84. The zero-order chi connectivity index (χ0) is 23.2. The summed E-state index contributed by atoms with van der Waals surface area (Å²) in [5.41, 5.74) is 5.27. The topological polar surface area (TPSA) is 68.6 Å². The molecule has 1 aliphatic heterocycles. The molecular formula is C25H26BrN3O3. The maximum atomic E-state index is 13.2. The highest BCUT2D eigenvalue weighted by Gasteiger charge is 2.26. The van der Waals surface area contributed by atoms with Crippen LogP contribution in [-0.2, 0) is 9.47 Å². The molecule has 0 saturated heterocycles. The number of carbonyl (C=O) groups is 1. The molecule has 4 rings (SSSR count). The van der Waals surface area contributed by atoms with E-state index in [1.54, 1.807) is 11.7 Å². The molecular weight excluding hydrogens is 470 g/mol. The van der Waals surface area contributed by atoms with Crippen molar-refractivity contribution in [1.29, 1.82) is 0 Å². The Hall–Kier alpha value is -3.06. The predicted octanol–water partition coefficient (Wildman–Crippen LogP) is 6.51. The van der Waals surface area contributed by atoms with E-state index in [9.17, 15) is 4.79 Å². The van der Waals surface area contributed by atoms with Crippen molar-refractivity contribution in [1.82, 2.24) is 9.55 Å². The Morgan fingerprint density at radius 3 is 2.56 bits per heavy atom. The van der Waals surface area contributed by atoms with Gasteiger partial charge in [-0.05, 0) is 76.6 Å². The Bertz CT molecular complexity index is 1320. The van der Waals surface area contributed by atoms with Gasteiger partial charge in [0.25, 0.3) is 0 Å². The summed E-state index contributed by atoms with van der Waals surface area (Å²) in [6, 6.07) is 9.80. The summed E-state index contributed by atoms with van der Waals surface area (Å²) in [5.74, 6) is 0.633. The van der Waals surface area contributed by atoms with Crippen molar-refractivity contribution >= 4 is 44.7 Å². The summed E-state index contributed by atoms with van der Waals surface area (Å²) in [6.45, 7) is 9.62. The van der Waals surface area contributed by atoms with Crippen LogP contribution in [0.4, 0.5) is 4.79 Å². The fourth-order valence-corrected chi connectivity index (χ4v) is 4.11. The molecule has 0 amide bonds. The van der Waals surface area contributed by atoms with Crippen LogP contribution in [0.15, 0.2) is 57.3 Å². The monoisotopic (exact) mass is 495 g/mol. The number of ether oxygens (including phenoxy) is 2. The molecule has 0 fully saturated rings. The van der Waals surface area contributed by atoms with Crippen molar-refractivity contribution in [3.8, 4) is 0 Å². The number of nitrogens with zero attached hydrogens (tertiary/aromatic N) is 2. The number of aromatic nitrogens is 2. The molecule has 0 spiro atoms. The first-order chi connectivity index (χ1) is 15.1. The summed E-state index contributed by atoms with van der Waals surface area (Å²) in [7, 11) is 1.62. The van der Waals surface area contributed by atoms with Crippen LogP contribution < -0.4 is 0 Å². The Labute approximate surface area is 195 Å². The number of halogens is 1. The highest BCUT2D eigenvalue weighted by atomic mass is 79.9. The molecule has 3 aromatic rings. The Kier molecular flexibility index (Phi) is 5.63. The van der Waals surface area contributed by atoms with Crippen molar-refractivity contribution < 1.29 is 14.3 Å². The third-order valence-corrected chi connectivity index (χ3v) is 5.55. The number of benzene rings is 1. The van der Waals surface area contributed by atoms with Crippen LogP contribution in [0.25, 0.3) is 17.0 Å². The SMILES string of the molecule is COC1=CC(c2cc3cc(Br)ccc3n2C(=O)OC(C)(C)C)=N/C1=C\c1[nH]c(C)cc1C. The maximum absolute atomic E-state index is 13.2. The molecule has 0 unspecified atom stereocenters. The smallest absolute Gasteiger partial charge is 0.419 e. The molecule has 1 N–H and O–H groups in total. The van der Waals surface area contributed by atoms with Crippen LogP contribution in [0.3, 0.4) is 0 Å². The van der Waals surface area contributed by atoms with Gasteiger partial charge in [0.2, 0.25) is 0 Å². The van der Waals surface area contributed by atoms with Crippen molar-refractivity contribution in [3.05, 3.63) is 75.0 Å². The highest BCUT2D eigenvalue weighted by molar-refractivity contribution is 9.10. The average Bonchev–Trinajstić information content (AvgIpc) is 3.35. The molecule has 0 atom stereocenters. The molecule has 0 bridgehead atoms. The van der Waals surface area contributed by atoms with Crippen molar-refractivity contribution in [2.45, 2.75) is 40.2 Å². The second kappa shape index (κ2) is 8.13. The van der Waals surface area contributed by atoms with Gasteiger partial charge in [-0.25, -0.2) is 14.4 Å². The largest absolute Gasteiger partial charge is 0.494 e. The normalized spacial score (nSPS) is 15.3. The minimum Gasteiger partial charge on any atom is -0.494 e. The number of methoxy groups -OCH3 is 1. The van der Waals surface area contributed by atoms with E-state index >= 15 is 0 Å². The lowest BCUT2D eigenvalue weighted by molar-refractivity contribution is 0.0544. The Morgan fingerprint density at radius 1 is 1.19 bits per heavy atom. The molecule has 166 valence electrons. The number of aliphatic imine (C=N–C) groups is 1. The summed E-state index contributed by atoms with van der Waals surface area (Å²) in [6.07, 6.45) is 3.36. The number of fused-ring (bicyclic) bond motifs is 1. The molecule has 1 aliphatic rings. The van der Waals surface area contributed by atoms with Crippen LogP contribution in [-0.4, -0.2) is 34.1 Å². The number of hydrogen-bond donors (Lipinski definition) is 1. The number of carbonyl (C=O) groups excluding carboxylic acids is 1. The van der Waals surface area contributed by atoms with Gasteiger partial charge in [0, 0.05) is 27.3 Å². The third-order valence-electron chi connectivity index (χ3n) is 5.05. The van der Waals surface area contributed by atoms with Gasteiger partial charge < -0.3 is 14.5 Å². The fraction of sp³-hybridized carbons (Fsp3) is 0.280. The summed E-state index contributed by atoms with van der Waals surface area (Å²) in [4.78, 5) is 21.3. The first-order valence-electron chi connectivity index (χ1n) is 10.3. The predicted molar refractivity (Wildman–Crippen MR) is 131 cm³/mol. The van der Waals surface area contributed by atoms with Gasteiger partial charge >= 0.3 is 6.09 Å². The lowest BCUT2D eigenvalue weighted by atomic mass is 10.2. The highest BCUT2D eigenvalue weighted by Crippen LogP contribution is 2.30. The minimum atomic E-state index is -0.626. The Morgan fingerprint density at radius 2 is 1.94 bits per heavy atom. The standard InChI is InChI=1S/C25H26BrN3O3/c1-14-9-15(2)27-18(14)12-20-23(31-6)13-19(28-20)22-11-16-10-17(26)7-8-21(16)29(22)24(30)32-25(3,4)5/h7-13,27H,1-6H3/b20-12-. The van der Waals surface area contributed by atoms with E-state index in [1.165, 1.54) is 0 Å². The van der Waals surface area contributed by atoms with Crippen molar-refractivity contribution in [2.24, 2.45) is 4.99 Å². The summed E-state index contributed by atoms with van der Waals surface area (Å²) >= 11 is 3.51. The molecule has 0 aliphatic carbocycles. The quantitative estimate of drug-likeness (QED) is 0.450. The molecule has 6 nitrogen and oxygen atoms in total. The lowest BCUT2D eigenvalue weighted by Gasteiger charge is -2.20. The molecule has 0 radical (unpaired) electrons. The van der Waals surface area contributed by atoms with E-state index in [0.29, 0.717) is 22.9 Å². The van der Waals surface area contributed by atoms with Gasteiger partial charge in [-0.3, -0.25) is 0 Å². The number of rotatable bonds is 3. The fourth-order valence-electron chi connectivity index (χ4n) is 3.73. The Balaban J connectivity index is 1.87. The van der Waals surface area contributed by atoms with Crippen molar-refractivity contribution in [2.75, 3.05) is 7.11 Å². The van der Waals surface area contributed by atoms with E-state index in [-0.39, 0.29) is 0 Å². The minimum absolute atomic E-state index is 0.451. The number of aromatic amines is 1. The van der Waals surface area contributed by atoms with Gasteiger partial charge in [0.05, 0.1) is 24.0 Å². The van der Waals surface area contributed by atoms with Gasteiger partial charge in [0.1, 0.15) is 17.1 Å². The van der Waals surface area contributed by atoms with Crippen LogP contribution in [0.1, 0.15) is 43.4 Å². The van der Waals surface area contributed by atoms with E-state index in [4.69, 9.17) is 14.5 Å². The molecule has 0 saturated carbocycles. The van der Waals surface area contributed by atoms with E-state index < -0.39 is 11.7 Å². The lowest BCUT2D eigenvalue weighted by Crippen LogP contribution is -2.28. The van der Waals surface area contributed by atoms with E-state index in [1.807, 2.05) is 71.0 Å². The van der Waals surface area contributed by atoms with Crippen LogP contribution in [0.2, 0.25) is 0 Å². The molecule has 1 aromatic carbocycles. The van der Waals surface area contributed by atoms with E-state index in [0.717, 1.165) is 32.3 Å². The van der Waals surface area contributed by atoms with Crippen LogP contribution in [0, 0.1) is 13.8 Å². The first kappa shape index (κ1) is 22.1. The van der Waals surface area contributed by atoms with Crippen molar-refractivity contribution in [3.63, 3.8) is 0 Å². The number of nitrogens with one attached hydrogen (secondary N) is 1. The average molecular weight is 496 g/mol. The number of H-pyrrole nitrogens is 1. The molecule has 32 heavy (non-hydrogen) atoms. The molecule has 3 heterocycles. The summed E-state index contributed by atoms with van der Waals surface area (Å²) in [5, 5.41) is 0.906. The van der Waals surface area contributed by atoms with Gasteiger partial charge in [0.15, 0.2) is 0 Å². The number of allylic oxidation sites excluding steroid dienone is 1.